The van der Waals surface area contributed by atoms with E-state index in [1.165, 1.54) is 55.5 Å². The first-order valence-electron chi connectivity index (χ1n) is 18.5. The Hall–Kier alpha value is -2.10. The summed E-state index contributed by atoms with van der Waals surface area (Å²) < 4.78 is 5.22. The predicted octanol–water partition coefficient (Wildman–Crippen LogP) is 9.69. The van der Waals surface area contributed by atoms with Crippen LogP contribution < -0.4 is 10.6 Å². The Balaban J connectivity index is 0.00000106. The highest BCUT2D eigenvalue weighted by molar-refractivity contribution is 5.34. The van der Waals surface area contributed by atoms with Crippen molar-refractivity contribution in [3.8, 4) is 0 Å². The molecule has 1 heterocycles. The summed E-state index contributed by atoms with van der Waals surface area (Å²) in [5, 5.41) is 7.34. The Bertz CT molecular complexity index is 1110. The molecule has 5 fully saturated rings. The van der Waals surface area contributed by atoms with Crippen molar-refractivity contribution in [3.63, 3.8) is 0 Å². The summed E-state index contributed by atoms with van der Waals surface area (Å²) in [6.45, 7) is 26.7. The lowest BCUT2D eigenvalue weighted by molar-refractivity contribution is 0.00396. The molecule has 1 aromatic carbocycles. The fourth-order valence-electron chi connectivity index (χ4n) is 10.6. The van der Waals surface area contributed by atoms with Crippen molar-refractivity contribution in [1.29, 1.82) is 0 Å². The lowest BCUT2D eigenvalue weighted by Crippen LogP contribution is -2.45. The molecule has 44 heavy (non-hydrogen) atoms. The maximum Gasteiger partial charge on any atom is 0.178 e. The Morgan fingerprint density at radius 3 is 2.52 bits per heavy atom. The van der Waals surface area contributed by atoms with E-state index < -0.39 is 0 Å². The molecule has 4 saturated carbocycles. The van der Waals surface area contributed by atoms with Crippen LogP contribution in [-0.4, -0.2) is 37.7 Å². The largest absolute Gasteiger partial charge is 0.483 e. The first kappa shape index (κ1) is 34.8. The number of nitrogens with one attached hydrogen (secondary N) is 2. The molecule has 1 aromatic rings. The molecule has 6 rings (SSSR count). The summed E-state index contributed by atoms with van der Waals surface area (Å²) in [4.78, 5) is 2.60. The zero-order chi connectivity index (χ0) is 32.1. The van der Waals surface area contributed by atoms with Gasteiger partial charge in [0.1, 0.15) is 0 Å². The van der Waals surface area contributed by atoms with Crippen LogP contribution in [0.5, 0.6) is 0 Å². The number of ether oxygens (including phenoxy) is 1. The molecular weight excluding hydrogens is 538 g/mol. The van der Waals surface area contributed by atoms with E-state index in [4.69, 9.17) is 4.74 Å². The summed E-state index contributed by atoms with van der Waals surface area (Å²) in [5.41, 5.74) is 5.79. The second kappa shape index (κ2) is 15.0. The molecule has 1 aliphatic heterocycles. The molecule has 4 heteroatoms. The van der Waals surface area contributed by atoms with Gasteiger partial charge in [0.2, 0.25) is 0 Å². The molecule has 0 radical (unpaired) electrons. The van der Waals surface area contributed by atoms with E-state index >= 15 is 0 Å². The topological polar surface area (TPSA) is 36.5 Å². The highest BCUT2D eigenvalue weighted by Gasteiger charge is 2.75. The predicted molar refractivity (Wildman–Crippen MR) is 188 cm³/mol. The Labute approximate surface area is 271 Å². The molecule has 4 aliphatic carbocycles. The lowest BCUT2D eigenvalue weighted by Gasteiger charge is -2.48. The van der Waals surface area contributed by atoms with Crippen LogP contribution in [0.2, 0.25) is 0 Å². The number of fused-ring (bicyclic) bond motifs is 3. The number of benzene rings is 1. The van der Waals surface area contributed by atoms with Crippen LogP contribution in [0.3, 0.4) is 0 Å². The third-order valence-electron chi connectivity index (χ3n) is 12.6. The fourth-order valence-corrected chi connectivity index (χ4v) is 10.6. The van der Waals surface area contributed by atoms with Crippen molar-refractivity contribution in [1.82, 2.24) is 15.5 Å². The van der Waals surface area contributed by atoms with Gasteiger partial charge in [0.15, 0.2) is 5.88 Å². The van der Waals surface area contributed by atoms with Gasteiger partial charge in [-0.05, 0) is 143 Å². The molecule has 3 bridgehead atoms. The van der Waals surface area contributed by atoms with Crippen LogP contribution >= 0.6 is 0 Å². The average molecular weight is 606 g/mol. The Morgan fingerprint density at radius 1 is 1.07 bits per heavy atom. The van der Waals surface area contributed by atoms with Crippen LogP contribution in [-0.2, 0) is 4.74 Å². The van der Waals surface area contributed by atoms with Gasteiger partial charge in [-0.3, -0.25) is 0 Å². The minimum atomic E-state index is 0.559. The van der Waals surface area contributed by atoms with Crippen LogP contribution in [0.15, 0.2) is 43.1 Å². The smallest absolute Gasteiger partial charge is 0.178 e. The highest BCUT2D eigenvalue weighted by atomic mass is 16.5. The van der Waals surface area contributed by atoms with Crippen molar-refractivity contribution in [2.75, 3.05) is 26.7 Å². The Kier molecular flexibility index (Phi) is 11.8. The van der Waals surface area contributed by atoms with E-state index in [0.717, 1.165) is 49.2 Å². The molecule has 1 spiro atoms. The number of piperidine rings is 1. The molecule has 0 aromatic heterocycles. The van der Waals surface area contributed by atoms with Crippen LogP contribution in [0, 0.1) is 48.3 Å². The third-order valence-corrected chi connectivity index (χ3v) is 12.6. The Morgan fingerprint density at radius 2 is 1.82 bits per heavy atom. The van der Waals surface area contributed by atoms with Crippen LogP contribution in [0.1, 0.15) is 128 Å². The number of likely N-dealkylation sites (tertiary alicyclic amines) is 1. The number of aryl methyl sites for hydroxylation is 2. The van der Waals surface area contributed by atoms with Gasteiger partial charge >= 0.3 is 0 Å². The maximum atomic E-state index is 5.22. The van der Waals surface area contributed by atoms with Gasteiger partial charge in [-0.2, -0.15) is 0 Å². The quantitative estimate of drug-likeness (QED) is 0.163. The fraction of sp³-hybridized carbons (Fsp3) is 0.750. The maximum absolute atomic E-state index is 5.22. The van der Waals surface area contributed by atoms with Gasteiger partial charge in [-0.15, -0.1) is 0 Å². The van der Waals surface area contributed by atoms with E-state index in [0.29, 0.717) is 29.2 Å². The molecule has 4 nitrogen and oxygen atoms in total. The number of methoxy groups -OCH3 is 1. The number of nitrogens with zero attached hydrogens (tertiary/aromatic N) is 1. The summed E-state index contributed by atoms with van der Waals surface area (Å²) in [7, 11) is 1.68. The number of hydrogen-bond donors (Lipinski definition) is 2. The molecule has 5 aliphatic rings. The van der Waals surface area contributed by atoms with Crippen LogP contribution in [0.25, 0.3) is 0 Å². The summed E-state index contributed by atoms with van der Waals surface area (Å²) in [6.07, 6.45) is 15.2. The highest BCUT2D eigenvalue weighted by Crippen LogP contribution is 2.84. The van der Waals surface area contributed by atoms with Crippen molar-refractivity contribution < 1.29 is 4.74 Å². The molecule has 2 N–H and O–H groups in total. The van der Waals surface area contributed by atoms with E-state index in [-0.39, 0.29) is 0 Å². The summed E-state index contributed by atoms with van der Waals surface area (Å²) in [5.74, 6) is 6.25. The zero-order valence-electron chi connectivity index (χ0n) is 29.9. The number of hydrogen-bond acceptors (Lipinski definition) is 4. The minimum absolute atomic E-state index is 0.559. The second-order valence-electron chi connectivity index (χ2n) is 14.7. The SMILES string of the molecule is C=C(NCCC[C@@H](c1cc(C)ccc1C)[C@@H]1CCCN(C(=C)N[C@H](CC)CC23CC4CC5CC2CC54C3)C1)OC.CC.CC. The minimum Gasteiger partial charge on any atom is -0.483 e. The van der Waals surface area contributed by atoms with Gasteiger partial charge in [-0.1, -0.05) is 65.0 Å². The molecule has 248 valence electrons. The molecular formula is C40H67N3O. The van der Waals surface area contributed by atoms with Crippen LogP contribution in [0.4, 0.5) is 0 Å². The third kappa shape index (κ3) is 6.70. The molecule has 0 amide bonds. The van der Waals surface area contributed by atoms with Gasteiger partial charge in [-0.25, -0.2) is 0 Å². The normalized spacial score (nSPS) is 31.9. The van der Waals surface area contributed by atoms with E-state index in [1.807, 2.05) is 27.7 Å². The number of rotatable bonds is 14. The van der Waals surface area contributed by atoms with E-state index in [1.54, 1.807) is 38.4 Å². The monoisotopic (exact) mass is 606 g/mol. The standard InChI is InChI=1S/C36H55N3O.2C2H6/c1-7-32(21-35-19-31-18-29-17-30(35)20-36(29,31)23-35)38-26(4)39-15-9-10-28(22-39)33(11-8-14-37-27(5)40-6)34-16-24(2)12-13-25(34)3;2*1-2/h12-13,16,28-33,37-38H,4-5,7-11,14-15,17-23H2,1-3,6H3;2*1-2H3/t28-,29?,30?,31?,32-,33-,35?,36?;;/m1../s1. The van der Waals surface area contributed by atoms with Gasteiger partial charge in [0.25, 0.3) is 0 Å². The molecule has 1 saturated heterocycles. The second-order valence-corrected chi connectivity index (χ2v) is 14.7. The van der Waals surface area contributed by atoms with Crippen molar-refractivity contribution in [3.05, 3.63) is 59.8 Å². The van der Waals surface area contributed by atoms with E-state index in [9.17, 15) is 0 Å². The average Bonchev–Trinajstić information content (AvgIpc) is 3.55. The summed E-state index contributed by atoms with van der Waals surface area (Å²) in [6, 6.07) is 7.60. The van der Waals surface area contributed by atoms with Crippen molar-refractivity contribution >= 4 is 0 Å². The zero-order valence-corrected chi connectivity index (χ0v) is 29.9. The molecule has 5 unspecified atom stereocenters. The van der Waals surface area contributed by atoms with Gasteiger partial charge < -0.3 is 20.3 Å². The summed E-state index contributed by atoms with van der Waals surface area (Å²) >= 11 is 0. The van der Waals surface area contributed by atoms with Gasteiger partial charge in [0.05, 0.1) is 12.9 Å². The van der Waals surface area contributed by atoms with E-state index in [2.05, 4.69) is 67.7 Å². The first-order chi connectivity index (χ1) is 21.3. The first-order valence-corrected chi connectivity index (χ1v) is 18.5. The van der Waals surface area contributed by atoms with Crippen molar-refractivity contribution in [2.45, 2.75) is 131 Å². The van der Waals surface area contributed by atoms with Gasteiger partial charge in [0, 0.05) is 25.7 Å². The molecule has 8 atom stereocenters. The van der Waals surface area contributed by atoms with Crippen molar-refractivity contribution in [2.24, 2.45) is 34.5 Å². The lowest BCUT2D eigenvalue weighted by atomic mass is 9.56.